The van der Waals surface area contributed by atoms with E-state index in [4.69, 9.17) is 9.84 Å². The van der Waals surface area contributed by atoms with Crippen molar-refractivity contribution in [2.45, 2.75) is 13.0 Å². The van der Waals surface area contributed by atoms with Crippen molar-refractivity contribution in [3.8, 4) is 17.0 Å². The molecule has 0 amide bonds. The second-order valence-electron chi connectivity index (χ2n) is 4.27. The van der Waals surface area contributed by atoms with E-state index in [0.717, 1.165) is 4.68 Å². The number of ether oxygens (including phenoxy) is 1. The monoisotopic (exact) mass is 292 g/mol. The smallest absolute Gasteiger partial charge is 0.305 e. The van der Waals surface area contributed by atoms with Gasteiger partial charge in [-0.1, -0.05) is 0 Å². The third-order valence-corrected chi connectivity index (χ3v) is 2.84. The third-order valence-electron chi connectivity index (χ3n) is 2.84. The number of aryl methyl sites for hydroxylation is 1. The van der Waals surface area contributed by atoms with E-state index < -0.39 is 17.3 Å². The zero-order chi connectivity index (χ0) is 15.4. The Balaban J connectivity index is 2.43. The number of halogens is 1. The van der Waals surface area contributed by atoms with Crippen molar-refractivity contribution in [1.82, 2.24) is 9.78 Å². The fourth-order valence-electron chi connectivity index (χ4n) is 1.83. The van der Waals surface area contributed by atoms with Crippen molar-refractivity contribution >= 4 is 5.97 Å². The first-order valence-electron chi connectivity index (χ1n) is 6.15. The van der Waals surface area contributed by atoms with Gasteiger partial charge in [-0.25, -0.2) is 9.07 Å². The van der Waals surface area contributed by atoms with Gasteiger partial charge in [-0.15, -0.1) is 0 Å². The first kappa shape index (κ1) is 14.7. The predicted octanol–water partition coefficient (Wildman–Crippen LogP) is 1.53. The third kappa shape index (κ3) is 3.44. The minimum absolute atomic E-state index is 0.0362. The number of aliphatic carboxylic acids is 1. The van der Waals surface area contributed by atoms with E-state index in [2.05, 4.69) is 5.10 Å². The Labute approximate surface area is 119 Å². The van der Waals surface area contributed by atoms with Crippen LogP contribution in [0.1, 0.15) is 6.42 Å². The molecule has 0 saturated heterocycles. The van der Waals surface area contributed by atoms with Gasteiger partial charge < -0.3 is 9.84 Å². The molecule has 0 spiro atoms. The molecule has 21 heavy (non-hydrogen) atoms. The normalized spacial score (nSPS) is 10.4. The Kier molecular flexibility index (Phi) is 4.32. The van der Waals surface area contributed by atoms with Crippen LogP contribution in [0.3, 0.4) is 0 Å². The second-order valence-corrected chi connectivity index (χ2v) is 4.27. The molecule has 1 N–H and O–H groups in total. The molecule has 1 aromatic carbocycles. The summed E-state index contributed by atoms with van der Waals surface area (Å²) in [6.45, 7) is -0.0362. The highest BCUT2D eigenvalue weighted by atomic mass is 19.1. The molecule has 0 saturated carbocycles. The van der Waals surface area contributed by atoms with E-state index in [9.17, 15) is 14.0 Å². The maximum atomic E-state index is 13.2. The zero-order valence-electron chi connectivity index (χ0n) is 11.2. The van der Waals surface area contributed by atoms with Crippen molar-refractivity contribution in [2.24, 2.45) is 0 Å². The van der Waals surface area contributed by atoms with Crippen LogP contribution in [0, 0.1) is 5.82 Å². The maximum absolute atomic E-state index is 13.2. The number of hydrogen-bond acceptors (Lipinski definition) is 4. The lowest BCUT2D eigenvalue weighted by Crippen LogP contribution is -2.23. The molecule has 7 heteroatoms. The van der Waals surface area contributed by atoms with E-state index in [1.807, 2.05) is 0 Å². The van der Waals surface area contributed by atoms with Crippen LogP contribution in [0.15, 0.2) is 35.1 Å². The number of methoxy groups -OCH3 is 1. The van der Waals surface area contributed by atoms with Gasteiger partial charge in [0, 0.05) is 17.7 Å². The van der Waals surface area contributed by atoms with Gasteiger partial charge >= 0.3 is 5.97 Å². The summed E-state index contributed by atoms with van der Waals surface area (Å²) in [6, 6.07) is 6.72. The summed E-state index contributed by atoms with van der Waals surface area (Å²) in [5, 5.41) is 12.8. The summed E-state index contributed by atoms with van der Waals surface area (Å²) in [5.74, 6) is -1.19. The van der Waals surface area contributed by atoms with Crippen LogP contribution in [0.5, 0.6) is 5.75 Å². The van der Waals surface area contributed by atoms with Crippen molar-refractivity contribution < 1.29 is 19.0 Å². The summed E-state index contributed by atoms with van der Waals surface area (Å²) in [4.78, 5) is 22.2. The summed E-state index contributed by atoms with van der Waals surface area (Å²) in [6.07, 6.45) is -0.211. The highest BCUT2D eigenvalue weighted by Crippen LogP contribution is 2.28. The van der Waals surface area contributed by atoms with E-state index in [0.29, 0.717) is 11.3 Å². The highest BCUT2D eigenvalue weighted by molar-refractivity contribution is 5.67. The van der Waals surface area contributed by atoms with Crippen LogP contribution in [-0.4, -0.2) is 28.0 Å². The highest BCUT2D eigenvalue weighted by Gasteiger charge is 2.10. The van der Waals surface area contributed by atoms with E-state index in [-0.39, 0.29) is 18.7 Å². The molecular weight excluding hydrogens is 279 g/mol. The molecule has 0 fully saturated rings. The Hall–Kier alpha value is -2.70. The quantitative estimate of drug-likeness (QED) is 0.904. The number of nitrogens with zero attached hydrogens (tertiary/aromatic N) is 2. The van der Waals surface area contributed by atoms with Crippen molar-refractivity contribution in [3.63, 3.8) is 0 Å². The Bertz CT molecular complexity index is 727. The Morgan fingerprint density at radius 1 is 1.38 bits per heavy atom. The average molecular weight is 292 g/mol. The van der Waals surface area contributed by atoms with Crippen LogP contribution >= 0.6 is 0 Å². The fourth-order valence-corrected chi connectivity index (χ4v) is 1.83. The molecule has 2 aromatic rings. The van der Waals surface area contributed by atoms with Crippen molar-refractivity contribution in [3.05, 3.63) is 46.5 Å². The van der Waals surface area contributed by atoms with Gasteiger partial charge in [0.05, 0.1) is 25.8 Å². The number of hydrogen-bond donors (Lipinski definition) is 1. The second kappa shape index (κ2) is 6.17. The summed E-state index contributed by atoms with van der Waals surface area (Å²) in [5.41, 5.74) is 0.515. The lowest BCUT2D eigenvalue weighted by Gasteiger charge is -2.09. The molecule has 0 aliphatic carbocycles. The first-order chi connectivity index (χ1) is 10.0. The van der Waals surface area contributed by atoms with E-state index >= 15 is 0 Å². The Morgan fingerprint density at radius 3 is 2.81 bits per heavy atom. The molecule has 1 aromatic heterocycles. The van der Waals surface area contributed by atoms with Crippen LogP contribution in [0.25, 0.3) is 11.3 Å². The van der Waals surface area contributed by atoms with Gasteiger partial charge in [0.1, 0.15) is 11.6 Å². The van der Waals surface area contributed by atoms with E-state index in [1.165, 1.54) is 37.4 Å². The minimum atomic E-state index is -1.02. The molecule has 0 bridgehead atoms. The van der Waals surface area contributed by atoms with Crippen molar-refractivity contribution in [1.29, 1.82) is 0 Å². The molecule has 0 radical (unpaired) electrons. The SMILES string of the molecule is COc1cc(F)ccc1-c1ccc(=O)n(CCC(=O)O)n1. The van der Waals surface area contributed by atoms with Crippen molar-refractivity contribution in [2.75, 3.05) is 7.11 Å². The molecule has 2 rings (SSSR count). The average Bonchev–Trinajstić information content (AvgIpc) is 2.46. The lowest BCUT2D eigenvalue weighted by atomic mass is 10.1. The molecule has 0 aliphatic heterocycles. The predicted molar refractivity (Wildman–Crippen MR) is 72.7 cm³/mol. The lowest BCUT2D eigenvalue weighted by molar-refractivity contribution is -0.137. The molecular formula is C14H13FN2O4. The van der Waals surface area contributed by atoms with Gasteiger partial charge in [0.25, 0.3) is 5.56 Å². The van der Waals surface area contributed by atoms with Gasteiger partial charge in [0.2, 0.25) is 0 Å². The molecule has 6 nitrogen and oxygen atoms in total. The fraction of sp³-hybridized carbons (Fsp3) is 0.214. The number of carboxylic acids is 1. The number of carbonyl (C=O) groups is 1. The molecule has 0 unspecified atom stereocenters. The topological polar surface area (TPSA) is 81.4 Å². The summed E-state index contributed by atoms with van der Waals surface area (Å²) < 4.78 is 19.3. The van der Waals surface area contributed by atoms with Gasteiger partial charge in [-0.05, 0) is 18.2 Å². The Morgan fingerprint density at radius 2 is 2.14 bits per heavy atom. The minimum Gasteiger partial charge on any atom is -0.496 e. The van der Waals surface area contributed by atoms with E-state index in [1.54, 1.807) is 0 Å². The number of benzene rings is 1. The molecule has 110 valence electrons. The van der Waals surface area contributed by atoms with Crippen LogP contribution in [0.4, 0.5) is 4.39 Å². The van der Waals surface area contributed by atoms with Gasteiger partial charge in [-0.2, -0.15) is 5.10 Å². The zero-order valence-corrected chi connectivity index (χ0v) is 11.2. The van der Waals surface area contributed by atoms with Crippen LogP contribution in [0.2, 0.25) is 0 Å². The number of aromatic nitrogens is 2. The molecule has 0 atom stereocenters. The standard InChI is InChI=1S/C14H13FN2O4/c1-21-12-8-9(15)2-3-10(12)11-4-5-13(18)17(16-11)7-6-14(19)20/h2-5,8H,6-7H2,1H3,(H,19,20). The maximum Gasteiger partial charge on any atom is 0.305 e. The summed E-state index contributed by atoms with van der Waals surface area (Å²) in [7, 11) is 1.40. The molecule has 0 aliphatic rings. The van der Waals surface area contributed by atoms with Crippen LogP contribution < -0.4 is 10.3 Å². The number of carboxylic acid groups (broad SMARTS) is 1. The molecule has 1 heterocycles. The van der Waals surface area contributed by atoms with Gasteiger partial charge in [-0.3, -0.25) is 9.59 Å². The van der Waals surface area contributed by atoms with Gasteiger partial charge in [0.15, 0.2) is 0 Å². The summed E-state index contributed by atoms with van der Waals surface area (Å²) >= 11 is 0. The largest absolute Gasteiger partial charge is 0.496 e. The first-order valence-corrected chi connectivity index (χ1v) is 6.15. The van der Waals surface area contributed by atoms with Crippen LogP contribution in [-0.2, 0) is 11.3 Å². The number of rotatable bonds is 5.